The molecule has 0 aliphatic carbocycles. The minimum atomic E-state index is -2.94. The molecule has 4 aromatic rings. The summed E-state index contributed by atoms with van der Waals surface area (Å²) in [6.45, 7) is 6.08. The molecule has 0 saturated carbocycles. The number of rotatable bonds is 6. The summed E-state index contributed by atoms with van der Waals surface area (Å²) in [5, 5.41) is 7.84. The van der Waals surface area contributed by atoms with Gasteiger partial charge in [0.25, 0.3) is 0 Å². The second-order valence-electron chi connectivity index (χ2n) is 8.78. The Morgan fingerprint density at radius 2 is 1.94 bits per heavy atom. The Hall–Kier alpha value is -3.53. The van der Waals surface area contributed by atoms with E-state index in [1.807, 2.05) is 57.3 Å². The van der Waals surface area contributed by atoms with Crippen molar-refractivity contribution in [1.82, 2.24) is 24.6 Å². The van der Waals surface area contributed by atoms with Gasteiger partial charge in [0, 0.05) is 41.2 Å². The molecule has 176 valence electrons. The van der Waals surface area contributed by atoms with Crippen LogP contribution in [0, 0.1) is 26.7 Å². The van der Waals surface area contributed by atoms with Gasteiger partial charge in [-0.05, 0) is 51.0 Å². The van der Waals surface area contributed by atoms with Gasteiger partial charge in [-0.1, -0.05) is 0 Å². The van der Waals surface area contributed by atoms with Gasteiger partial charge in [0.05, 0.1) is 29.8 Å². The molecular weight excluding hydrogens is 452 g/mol. The van der Waals surface area contributed by atoms with Gasteiger partial charge < -0.3 is 10.1 Å². The maximum Gasteiger partial charge on any atom is 0.154 e. The first-order valence-corrected chi connectivity index (χ1v) is 13.0. The van der Waals surface area contributed by atoms with E-state index in [1.54, 1.807) is 10.7 Å². The molecule has 10 heteroatoms. The summed E-state index contributed by atoms with van der Waals surface area (Å²) in [7, 11) is -2.94. The van der Waals surface area contributed by atoms with Crippen molar-refractivity contribution in [2.24, 2.45) is 5.92 Å². The molecule has 9 nitrogen and oxygen atoms in total. The summed E-state index contributed by atoms with van der Waals surface area (Å²) in [5.74, 6) is 3.16. The Kier molecular flexibility index (Phi) is 5.68. The fourth-order valence-electron chi connectivity index (χ4n) is 4.23. The molecule has 1 N–H and O–H groups in total. The van der Waals surface area contributed by atoms with Crippen LogP contribution < -0.4 is 10.1 Å². The molecule has 4 aromatic heterocycles. The lowest BCUT2D eigenvalue weighted by atomic mass is 10.1. The first-order chi connectivity index (χ1) is 16.2. The van der Waals surface area contributed by atoms with Crippen molar-refractivity contribution in [2.45, 2.75) is 27.2 Å². The highest BCUT2D eigenvalue weighted by Gasteiger charge is 2.28. The molecule has 5 rings (SSSR count). The number of anilines is 2. The monoisotopic (exact) mass is 478 g/mol. The Morgan fingerprint density at radius 3 is 2.71 bits per heavy atom. The Labute approximate surface area is 198 Å². The van der Waals surface area contributed by atoms with Crippen LogP contribution in [0.15, 0.2) is 42.7 Å². The van der Waals surface area contributed by atoms with Crippen LogP contribution in [0.3, 0.4) is 0 Å². The number of pyridine rings is 2. The van der Waals surface area contributed by atoms with Crippen molar-refractivity contribution in [2.75, 3.05) is 23.4 Å². The van der Waals surface area contributed by atoms with E-state index in [1.165, 1.54) is 0 Å². The smallest absolute Gasteiger partial charge is 0.154 e. The highest BCUT2D eigenvalue weighted by atomic mass is 32.2. The maximum atomic E-state index is 11.8. The third-order valence-corrected chi connectivity index (χ3v) is 7.64. The fraction of sp³-hybridized carbons (Fsp3) is 0.333. The van der Waals surface area contributed by atoms with Gasteiger partial charge >= 0.3 is 0 Å². The molecule has 5 heterocycles. The Morgan fingerprint density at radius 1 is 1.09 bits per heavy atom. The van der Waals surface area contributed by atoms with Crippen molar-refractivity contribution in [3.8, 4) is 16.9 Å². The molecule has 1 atom stereocenters. The minimum Gasteiger partial charge on any atom is -0.491 e. The van der Waals surface area contributed by atoms with E-state index < -0.39 is 9.84 Å². The summed E-state index contributed by atoms with van der Waals surface area (Å²) in [4.78, 5) is 13.1. The second-order valence-corrected chi connectivity index (χ2v) is 11.0. The van der Waals surface area contributed by atoms with Crippen molar-refractivity contribution < 1.29 is 13.2 Å². The van der Waals surface area contributed by atoms with E-state index in [-0.39, 0.29) is 17.4 Å². The number of hydrogen-bond donors (Lipinski definition) is 1. The van der Waals surface area contributed by atoms with Gasteiger partial charge in [0.15, 0.2) is 15.7 Å². The molecule has 1 fully saturated rings. The number of nitrogens with zero attached hydrogens (tertiary/aromatic N) is 5. The lowest BCUT2D eigenvalue weighted by Crippen LogP contribution is -2.14. The lowest BCUT2D eigenvalue weighted by molar-refractivity contribution is 0.263. The molecule has 0 unspecified atom stereocenters. The van der Waals surface area contributed by atoms with Crippen LogP contribution in [0.1, 0.15) is 23.6 Å². The second kappa shape index (κ2) is 8.68. The molecule has 0 bridgehead atoms. The van der Waals surface area contributed by atoms with Crippen molar-refractivity contribution >= 4 is 27.0 Å². The zero-order valence-corrected chi connectivity index (χ0v) is 20.1. The summed E-state index contributed by atoms with van der Waals surface area (Å²) in [6, 6.07) is 9.82. The summed E-state index contributed by atoms with van der Waals surface area (Å²) in [5.41, 5.74) is 4.54. The van der Waals surface area contributed by atoms with Gasteiger partial charge in [-0.15, -0.1) is 0 Å². The van der Waals surface area contributed by atoms with Crippen LogP contribution in [0.25, 0.3) is 16.6 Å². The molecule has 1 aliphatic heterocycles. The third-order valence-electron chi connectivity index (χ3n) is 5.80. The quantitative estimate of drug-likeness (QED) is 0.447. The summed E-state index contributed by atoms with van der Waals surface area (Å²) >= 11 is 0. The largest absolute Gasteiger partial charge is 0.491 e. The van der Waals surface area contributed by atoms with Gasteiger partial charge in [0.1, 0.15) is 17.4 Å². The predicted octanol–water partition coefficient (Wildman–Crippen LogP) is 3.67. The van der Waals surface area contributed by atoms with Crippen LogP contribution in [-0.4, -0.2) is 51.1 Å². The number of fused-ring (bicyclic) bond motifs is 1. The van der Waals surface area contributed by atoms with E-state index in [2.05, 4.69) is 25.4 Å². The van der Waals surface area contributed by atoms with E-state index in [4.69, 9.17) is 4.74 Å². The molecule has 34 heavy (non-hydrogen) atoms. The zero-order valence-electron chi connectivity index (χ0n) is 19.3. The maximum absolute atomic E-state index is 11.8. The molecule has 1 aliphatic rings. The highest BCUT2D eigenvalue weighted by Crippen LogP contribution is 2.32. The number of sulfone groups is 1. The number of hydrogen-bond acceptors (Lipinski definition) is 8. The van der Waals surface area contributed by atoms with Crippen molar-refractivity contribution in [1.29, 1.82) is 0 Å². The average molecular weight is 479 g/mol. The zero-order chi connectivity index (χ0) is 23.9. The van der Waals surface area contributed by atoms with Crippen LogP contribution in [0.4, 0.5) is 11.6 Å². The predicted molar refractivity (Wildman–Crippen MR) is 130 cm³/mol. The number of aryl methyl sites for hydroxylation is 3. The van der Waals surface area contributed by atoms with E-state index in [0.29, 0.717) is 36.2 Å². The first-order valence-electron chi connectivity index (χ1n) is 11.1. The summed E-state index contributed by atoms with van der Waals surface area (Å²) < 4.78 is 31.4. The summed E-state index contributed by atoms with van der Waals surface area (Å²) in [6.07, 6.45) is 4.25. The van der Waals surface area contributed by atoms with Gasteiger partial charge in [-0.2, -0.15) is 5.10 Å². The van der Waals surface area contributed by atoms with Crippen molar-refractivity contribution in [3.05, 3.63) is 59.9 Å². The van der Waals surface area contributed by atoms with Gasteiger partial charge in [-0.25, -0.2) is 22.9 Å². The fourth-order valence-corrected chi connectivity index (χ4v) is 6.07. The molecule has 1 saturated heterocycles. The van der Waals surface area contributed by atoms with Gasteiger partial charge in [0.2, 0.25) is 0 Å². The lowest BCUT2D eigenvalue weighted by Gasteiger charge is -2.14. The van der Waals surface area contributed by atoms with Crippen LogP contribution in [0.5, 0.6) is 5.75 Å². The number of ether oxygens (including phenoxy) is 1. The van der Waals surface area contributed by atoms with Crippen LogP contribution >= 0.6 is 0 Å². The molecule has 0 spiro atoms. The third kappa shape index (κ3) is 4.86. The standard InChI is InChI=1S/C24H26N6O3S/c1-15-8-21(22(12-25-15)33-13-18-5-7-34(31,32)14-18)19-4-6-30-20(10-19)11-24(29-30)28-23-9-16(2)26-17(3)27-23/h4,6,8-12,18H,5,7,13-14H2,1-3H3,(H,26,27,28,29)/t18-/m1/s1. The molecular formula is C24H26N6O3S. The van der Waals surface area contributed by atoms with E-state index in [0.717, 1.165) is 28.0 Å². The SMILES string of the molecule is Cc1cc(-c2ccn3nc(Nc4cc(C)nc(C)n4)cc3c2)c(OC[C@H]2CCS(=O)(=O)C2)cn1. The Bertz CT molecular complexity index is 1460. The molecule has 0 radical (unpaired) electrons. The van der Waals surface area contributed by atoms with Crippen LogP contribution in [-0.2, 0) is 9.84 Å². The van der Waals surface area contributed by atoms with Gasteiger partial charge in [-0.3, -0.25) is 4.98 Å². The average Bonchev–Trinajstić information content (AvgIpc) is 3.33. The number of aromatic nitrogens is 5. The van der Waals surface area contributed by atoms with E-state index in [9.17, 15) is 8.42 Å². The van der Waals surface area contributed by atoms with Crippen molar-refractivity contribution in [3.63, 3.8) is 0 Å². The van der Waals surface area contributed by atoms with Crippen LogP contribution in [0.2, 0.25) is 0 Å². The van der Waals surface area contributed by atoms with E-state index >= 15 is 0 Å². The highest BCUT2D eigenvalue weighted by molar-refractivity contribution is 7.91. The first kappa shape index (κ1) is 22.3. The number of nitrogens with one attached hydrogen (secondary N) is 1. The topological polar surface area (TPSA) is 111 Å². The molecule has 0 aromatic carbocycles. The molecule has 0 amide bonds. The Balaban J connectivity index is 1.41. The minimum absolute atomic E-state index is 0.0131. The normalized spacial score (nSPS) is 17.2.